The van der Waals surface area contributed by atoms with Crippen molar-refractivity contribution in [3.8, 4) is 0 Å². The van der Waals surface area contributed by atoms with Gasteiger partial charge in [0.05, 0.1) is 0 Å². The zero-order chi connectivity index (χ0) is 8.27. The molecule has 3 heteroatoms. The van der Waals surface area contributed by atoms with Crippen LogP contribution < -0.4 is 11.5 Å². The topological polar surface area (TPSA) is 70.7 Å². The van der Waals surface area contributed by atoms with Crippen LogP contribution in [0.4, 0.5) is 0 Å². The Morgan fingerprint density at radius 3 is 2.36 bits per heavy atom. The number of amides is 1. The van der Waals surface area contributed by atoms with Crippen LogP contribution in [0.3, 0.4) is 0 Å². The molecule has 1 aromatic rings. The third kappa shape index (κ3) is 1.78. The molecule has 0 saturated carbocycles. The Hall–Kier alpha value is -1.35. The summed E-state index contributed by atoms with van der Waals surface area (Å²) in [6.45, 7) is 0. The van der Waals surface area contributed by atoms with Crippen LogP contribution >= 0.6 is 0 Å². The summed E-state index contributed by atoms with van der Waals surface area (Å²) in [6.07, 6.45) is 0. The number of nitrogens with two attached hydrogens (primary N) is 1. The van der Waals surface area contributed by atoms with Crippen molar-refractivity contribution >= 4 is 5.91 Å². The molecule has 0 aliphatic carbocycles. The summed E-state index contributed by atoms with van der Waals surface area (Å²) < 4.78 is 0. The second-order valence-corrected chi connectivity index (χ2v) is 2.37. The van der Waals surface area contributed by atoms with Crippen molar-refractivity contribution in [1.82, 2.24) is 0 Å². The van der Waals surface area contributed by atoms with Gasteiger partial charge in [-0.3, -0.25) is 4.79 Å². The molecule has 0 spiro atoms. The van der Waals surface area contributed by atoms with Crippen molar-refractivity contribution in [3.05, 3.63) is 35.9 Å². The van der Waals surface area contributed by atoms with Crippen LogP contribution in [-0.2, 0) is 4.79 Å². The number of hydrogen-bond donors (Lipinski definition) is 2. The molecule has 58 valence electrons. The van der Waals surface area contributed by atoms with Crippen LogP contribution in [0.2, 0.25) is 0 Å². The second-order valence-electron chi connectivity index (χ2n) is 2.37. The summed E-state index contributed by atoms with van der Waals surface area (Å²) in [6, 6.07) is 8.84. The maximum absolute atomic E-state index is 10.7. The third-order valence-electron chi connectivity index (χ3n) is 1.55. The van der Waals surface area contributed by atoms with Crippen LogP contribution in [0.5, 0.6) is 0 Å². The molecular formula is C8H11N2O+. The Morgan fingerprint density at radius 1 is 1.36 bits per heavy atom. The maximum Gasteiger partial charge on any atom is 0.280 e. The highest BCUT2D eigenvalue weighted by atomic mass is 16.1. The number of quaternary nitrogens is 1. The Labute approximate surface area is 65.0 Å². The van der Waals surface area contributed by atoms with E-state index in [1.807, 2.05) is 30.3 Å². The van der Waals surface area contributed by atoms with E-state index in [4.69, 9.17) is 5.73 Å². The van der Waals surface area contributed by atoms with E-state index in [2.05, 4.69) is 5.73 Å². The lowest BCUT2D eigenvalue weighted by Gasteiger charge is -2.02. The quantitative estimate of drug-likeness (QED) is 0.585. The van der Waals surface area contributed by atoms with E-state index in [1.54, 1.807) is 0 Å². The highest BCUT2D eigenvalue weighted by Gasteiger charge is 2.14. The first-order chi connectivity index (χ1) is 5.22. The van der Waals surface area contributed by atoms with E-state index < -0.39 is 11.9 Å². The van der Waals surface area contributed by atoms with Gasteiger partial charge >= 0.3 is 0 Å². The molecule has 5 N–H and O–H groups in total. The van der Waals surface area contributed by atoms with Gasteiger partial charge < -0.3 is 11.5 Å². The van der Waals surface area contributed by atoms with Crippen LogP contribution in [0, 0.1) is 0 Å². The summed E-state index contributed by atoms with van der Waals surface area (Å²) in [5.41, 5.74) is 9.56. The molecule has 0 aliphatic heterocycles. The number of carbonyl (C=O) groups is 1. The summed E-state index contributed by atoms with van der Waals surface area (Å²) in [5, 5.41) is 0. The van der Waals surface area contributed by atoms with E-state index in [-0.39, 0.29) is 0 Å². The lowest BCUT2D eigenvalue weighted by molar-refractivity contribution is -0.409. The molecule has 0 aromatic heterocycles. The molecule has 0 fully saturated rings. The summed E-state index contributed by atoms with van der Waals surface area (Å²) >= 11 is 0. The SMILES string of the molecule is NC(=O)[C@@H]([NH3+])c1ccccc1. The monoisotopic (exact) mass is 151 g/mol. The second kappa shape index (κ2) is 3.16. The van der Waals surface area contributed by atoms with Crippen molar-refractivity contribution in [2.75, 3.05) is 0 Å². The van der Waals surface area contributed by atoms with Crippen LogP contribution in [-0.4, -0.2) is 5.91 Å². The zero-order valence-corrected chi connectivity index (χ0v) is 6.16. The molecule has 0 bridgehead atoms. The molecule has 0 aliphatic rings. The van der Waals surface area contributed by atoms with Gasteiger partial charge in [-0.05, 0) is 0 Å². The average Bonchev–Trinajstić information content (AvgIpc) is 2.05. The van der Waals surface area contributed by atoms with Crippen LogP contribution in [0.25, 0.3) is 0 Å². The largest absolute Gasteiger partial charge is 0.364 e. The molecule has 1 aromatic carbocycles. The number of primary amides is 1. The van der Waals surface area contributed by atoms with Crippen molar-refractivity contribution < 1.29 is 10.5 Å². The minimum absolute atomic E-state index is 0.392. The van der Waals surface area contributed by atoms with E-state index in [0.29, 0.717) is 0 Å². The predicted octanol–water partition coefficient (Wildman–Crippen LogP) is -0.545. The van der Waals surface area contributed by atoms with Gasteiger partial charge in [-0.15, -0.1) is 0 Å². The average molecular weight is 151 g/mol. The maximum atomic E-state index is 10.7. The molecule has 3 nitrogen and oxygen atoms in total. The van der Waals surface area contributed by atoms with E-state index in [1.165, 1.54) is 0 Å². The van der Waals surface area contributed by atoms with Crippen molar-refractivity contribution in [2.45, 2.75) is 6.04 Å². The lowest BCUT2D eigenvalue weighted by Crippen LogP contribution is -2.59. The van der Waals surface area contributed by atoms with Gasteiger partial charge in [-0.2, -0.15) is 0 Å². The standard InChI is InChI=1S/C8H10N2O/c9-7(8(10)11)6-4-2-1-3-5-6/h1-5,7H,9H2,(H2,10,11)/p+1/t7-/m0/s1. The number of benzene rings is 1. The molecule has 1 atom stereocenters. The molecule has 0 heterocycles. The van der Waals surface area contributed by atoms with Crippen LogP contribution in [0.15, 0.2) is 30.3 Å². The van der Waals surface area contributed by atoms with E-state index in [0.717, 1.165) is 5.56 Å². The van der Waals surface area contributed by atoms with Gasteiger partial charge in [-0.25, -0.2) is 0 Å². The van der Waals surface area contributed by atoms with Crippen molar-refractivity contribution in [2.24, 2.45) is 5.73 Å². The number of carbonyl (C=O) groups excluding carboxylic acids is 1. The minimum atomic E-state index is -0.434. The molecular weight excluding hydrogens is 140 g/mol. The highest BCUT2D eigenvalue weighted by molar-refractivity contribution is 5.79. The summed E-state index contributed by atoms with van der Waals surface area (Å²) in [4.78, 5) is 10.7. The fourth-order valence-corrected chi connectivity index (χ4v) is 0.850. The Morgan fingerprint density at radius 2 is 1.91 bits per heavy atom. The molecule has 0 radical (unpaired) electrons. The minimum Gasteiger partial charge on any atom is -0.364 e. The van der Waals surface area contributed by atoms with E-state index >= 15 is 0 Å². The first-order valence-electron chi connectivity index (χ1n) is 3.39. The summed E-state index contributed by atoms with van der Waals surface area (Å²) in [5.74, 6) is -0.392. The molecule has 1 rings (SSSR count). The third-order valence-corrected chi connectivity index (χ3v) is 1.55. The Bertz CT molecular complexity index is 246. The first kappa shape index (κ1) is 7.75. The molecule has 1 amide bonds. The van der Waals surface area contributed by atoms with E-state index in [9.17, 15) is 4.79 Å². The zero-order valence-electron chi connectivity index (χ0n) is 6.16. The fraction of sp³-hybridized carbons (Fsp3) is 0.125. The van der Waals surface area contributed by atoms with Crippen molar-refractivity contribution in [3.63, 3.8) is 0 Å². The lowest BCUT2D eigenvalue weighted by atomic mass is 10.1. The fourth-order valence-electron chi connectivity index (χ4n) is 0.850. The number of rotatable bonds is 2. The molecule has 11 heavy (non-hydrogen) atoms. The van der Waals surface area contributed by atoms with Gasteiger partial charge in [0.1, 0.15) is 0 Å². The first-order valence-corrected chi connectivity index (χ1v) is 3.39. The summed E-state index contributed by atoms with van der Waals surface area (Å²) in [7, 11) is 0. The van der Waals surface area contributed by atoms with Crippen LogP contribution in [0.1, 0.15) is 11.6 Å². The molecule has 0 saturated heterocycles. The van der Waals surface area contributed by atoms with Gasteiger partial charge in [0.2, 0.25) is 0 Å². The van der Waals surface area contributed by atoms with Gasteiger partial charge in [0, 0.05) is 5.56 Å². The Balaban J connectivity index is 2.85. The Kier molecular flexibility index (Phi) is 2.23. The predicted molar refractivity (Wildman–Crippen MR) is 41.3 cm³/mol. The normalized spacial score (nSPS) is 12.5. The number of hydrogen-bond acceptors (Lipinski definition) is 1. The van der Waals surface area contributed by atoms with Gasteiger partial charge in [0.25, 0.3) is 5.91 Å². The van der Waals surface area contributed by atoms with Gasteiger partial charge in [0.15, 0.2) is 6.04 Å². The van der Waals surface area contributed by atoms with Gasteiger partial charge in [-0.1, -0.05) is 30.3 Å². The molecule has 0 unspecified atom stereocenters. The van der Waals surface area contributed by atoms with Crippen molar-refractivity contribution in [1.29, 1.82) is 0 Å². The smallest absolute Gasteiger partial charge is 0.280 e. The highest BCUT2D eigenvalue weighted by Crippen LogP contribution is 2.05.